The van der Waals surface area contributed by atoms with Gasteiger partial charge in [0.1, 0.15) is 5.75 Å². The van der Waals surface area contributed by atoms with Crippen molar-refractivity contribution in [3.8, 4) is 5.75 Å². The summed E-state index contributed by atoms with van der Waals surface area (Å²) in [5.41, 5.74) is 1.03. The first-order valence-electron chi connectivity index (χ1n) is 8.67. The molecule has 0 radical (unpaired) electrons. The first-order chi connectivity index (χ1) is 13.0. The zero-order chi connectivity index (χ0) is 19.6. The van der Waals surface area contributed by atoms with Gasteiger partial charge in [-0.25, -0.2) is 4.79 Å². The van der Waals surface area contributed by atoms with Crippen LogP contribution < -0.4 is 4.74 Å². The van der Waals surface area contributed by atoms with Crippen LogP contribution in [0.25, 0.3) is 0 Å². The first-order valence-corrected chi connectivity index (χ1v) is 8.67. The molecule has 0 aliphatic carbocycles. The van der Waals surface area contributed by atoms with Gasteiger partial charge in [0.05, 0.1) is 17.7 Å². The second-order valence-corrected chi connectivity index (χ2v) is 5.84. The molecule has 0 saturated carbocycles. The monoisotopic (exact) mass is 370 g/mol. The van der Waals surface area contributed by atoms with Crippen LogP contribution in [0.1, 0.15) is 31.7 Å². The zero-order valence-electron chi connectivity index (χ0n) is 15.3. The Bertz CT molecular complexity index is 805. The molecular weight excluding hydrogens is 348 g/mol. The van der Waals surface area contributed by atoms with Gasteiger partial charge in [-0.05, 0) is 31.0 Å². The molecule has 1 atom stereocenters. The summed E-state index contributed by atoms with van der Waals surface area (Å²) in [5.74, 6) is -0.139. The predicted molar refractivity (Wildman–Crippen MR) is 103 cm³/mol. The van der Waals surface area contributed by atoms with Gasteiger partial charge in [-0.15, -0.1) is 0 Å². The molecule has 0 aliphatic heterocycles. The molecule has 0 aliphatic rings. The average Bonchev–Trinajstić information content (AvgIpc) is 2.70. The van der Waals surface area contributed by atoms with Crippen molar-refractivity contribution < 1.29 is 19.2 Å². The molecule has 0 fully saturated rings. The fourth-order valence-corrected chi connectivity index (χ4v) is 2.41. The molecular formula is C20H22N2O5. The molecule has 2 aromatic carbocycles. The van der Waals surface area contributed by atoms with Crippen LogP contribution in [0.15, 0.2) is 53.5 Å². The van der Waals surface area contributed by atoms with E-state index in [2.05, 4.69) is 4.99 Å². The lowest BCUT2D eigenvalue weighted by molar-refractivity contribution is -0.384. The molecule has 0 saturated heterocycles. The normalized spacial score (nSPS) is 11.9. The SMILES string of the molecule is CCCCC(Oc1ccc([N+](=O)[O-])cc1C=Nc1ccccc1)C(=O)OC. The third-order valence-electron chi connectivity index (χ3n) is 3.87. The van der Waals surface area contributed by atoms with Gasteiger partial charge in [0, 0.05) is 23.9 Å². The molecule has 0 bridgehead atoms. The Kier molecular flexibility index (Phi) is 7.49. The number of nitrogens with zero attached hydrogens (tertiary/aromatic N) is 2. The van der Waals surface area contributed by atoms with E-state index in [4.69, 9.17) is 9.47 Å². The first kappa shape index (κ1) is 20.1. The number of rotatable bonds is 9. The molecule has 27 heavy (non-hydrogen) atoms. The van der Waals surface area contributed by atoms with E-state index in [0.717, 1.165) is 12.8 Å². The Morgan fingerprint density at radius 2 is 2.00 bits per heavy atom. The van der Waals surface area contributed by atoms with Crippen LogP contribution in [0.5, 0.6) is 5.75 Å². The van der Waals surface area contributed by atoms with Crippen molar-refractivity contribution in [2.45, 2.75) is 32.3 Å². The molecule has 0 heterocycles. The van der Waals surface area contributed by atoms with E-state index in [1.807, 2.05) is 37.3 Å². The van der Waals surface area contributed by atoms with Crippen LogP contribution >= 0.6 is 0 Å². The largest absolute Gasteiger partial charge is 0.478 e. The van der Waals surface area contributed by atoms with Crippen molar-refractivity contribution in [3.63, 3.8) is 0 Å². The molecule has 2 aromatic rings. The van der Waals surface area contributed by atoms with Crippen LogP contribution in [0.2, 0.25) is 0 Å². The molecule has 1 unspecified atom stereocenters. The topological polar surface area (TPSA) is 91.0 Å². The van der Waals surface area contributed by atoms with Gasteiger partial charge in [-0.3, -0.25) is 15.1 Å². The number of esters is 1. The lowest BCUT2D eigenvalue weighted by atomic mass is 10.1. The number of carbonyl (C=O) groups is 1. The van der Waals surface area contributed by atoms with Crippen LogP contribution in [0.4, 0.5) is 11.4 Å². The van der Waals surface area contributed by atoms with E-state index < -0.39 is 17.0 Å². The van der Waals surface area contributed by atoms with Crippen molar-refractivity contribution in [1.82, 2.24) is 0 Å². The van der Waals surface area contributed by atoms with Gasteiger partial charge in [-0.2, -0.15) is 0 Å². The summed E-state index contributed by atoms with van der Waals surface area (Å²) in [5, 5.41) is 11.1. The van der Waals surface area contributed by atoms with E-state index in [1.165, 1.54) is 31.5 Å². The third-order valence-corrected chi connectivity index (χ3v) is 3.87. The molecule has 142 valence electrons. The van der Waals surface area contributed by atoms with Crippen LogP contribution in [0.3, 0.4) is 0 Å². The highest BCUT2D eigenvalue weighted by atomic mass is 16.6. The van der Waals surface area contributed by atoms with Crippen LogP contribution in [-0.4, -0.2) is 30.3 Å². The van der Waals surface area contributed by atoms with Gasteiger partial charge < -0.3 is 9.47 Å². The Balaban J connectivity index is 2.34. The lowest BCUT2D eigenvalue weighted by Gasteiger charge is -2.18. The number of nitro benzene ring substituents is 1. The van der Waals surface area contributed by atoms with Crippen molar-refractivity contribution in [2.24, 2.45) is 4.99 Å². The van der Waals surface area contributed by atoms with Crippen molar-refractivity contribution in [1.29, 1.82) is 0 Å². The molecule has 0 amide bonds. The fourth-order valence-electron chi connectivity index (χ4n) is 2.41. The molecule has 7 heteroatoms. The molecule has 0 aromatic heterocycles. The minimum atomic E-state index is -0.778. The van der Waals surface area contributed by atoms with Gasteiger partial charge in [-0.1, -0.05) is 31.5 Å². The third kappa shape index (κ3) is 5.91. The highest BCUT2D eigenvalue weighted by Crippen LogP contribution is 2.26. The highest BCUT2D eigenvalue weighted by molar-refractivity contribution is 5.87. The number of unbranched alkanes of at least 4 members (excludes halogenated alkanes) is 1. The maximum absolute atomic E-state index is 12.0. The van der Waals surface area contributed by atoms with Gasteiger partial charge in [0.15, 0.2) is 6.10 Å². The highest BCUT2D eigenvalue weighted by Gasteiger charge is 2.22. The van der Waals surface area contributed by atoms with E-state index in [1.54, 1.807) is 0 Å². The smallest absolute Gasteiger partial charge is 0.347 e. The number of hydrogen-bond acceptors (Lipinski definition) is 6. The van der Waals surface area contributed by atoms with Crippen molar-refractivity contribution >= 4 is 23.6 Å². The number of benzene rings is 2. The van der Waals surface area contributed by atoms with Crippen molar-refractivity contribution in [3.05, 3.63) is 64.2 Å². The van der Waals surface area contributed by atoms with Gasteiger partial charge >= 0.3 is 5.97 Å². The van der Waals surface area contributed by atoms with Gasteiger partial charge in [0.25, 0.3) is 5.69 Å². The maximum Gasteiger partial charge on any atom is 0.347 e. The molecule has 7 nitrogen and oxygen atoms in total. The number of ether oxygens (including phenoxy) is 2. The lowest BCUT2D eigenvalue weighted by Crippen LogP contribution is -2.29. The summed E-state index contributed by atoms with van der Waals surface area (Å²) in [6.07, 6.45) is 2.90. The van der Waals surface area contributed by atoms with E-state index in [9.17, 15) is 14.9 Å². The summed E-state index contributed by atoms with van der Waals surface area (Å²) >= 11 is 0. The standard InChI is InChI=1S/C20H22N2O5/c1-3-4-10-19(20(23)26-2)27-18-12-11-17(22(24)25)13-15(18)14-21-16-8-6-5-7-9-16/h5-9,11-14,19H,3-4,10H2,1-2H3. The second-order valence-electron chi connectivity index (χ2n) is 5.84. The van der Waals surface area contributed by atoms with E-state index in [-0.39, 0.29) is 5.69 Å². The maximum atomic E-state index is 12.0. The number of hydrogen-bond donors (Lipinski definition) is 0. The second kappa shape index (κ2) is 10.1. The summed E-state index contributed by atoms with van der Waals surface area (Å²) in [7, 11) is 1.30. The number of carbonyl (C=O) groups excluding carboxylic acids is 1. The van der Waals surface area contributed by atoms with Crippen molar-refractivity contribution in [2.75, 3.05) is 7.11 Å². The Labute approximate surface area is 157 Å². The Hall–Kier alpha value is -3.22. The summed E-state index contributed by atoms with van der Waals surface area (Å²) < 4.78 is 10.6. The summed E-state index contributed by atoms with van der Waals surface area (Å²) in [4.78, 5) is 26.9. The van der Waals surface area contributed by atoms with E-state index >= 15 is 0 Å². The average molecular weight is 370 g/mol. The summed E-state index contributed by atoms with van der Waals surface area (Å²) in [6, 6.07) is 13.4. The Morgan fingerprint density at radius 3 is 2.63 bits per heavy atom. The number of nitro groups is 1. The zero-order valence-corrected chi connectivity index (χ0v) is 15.3. The molecule has 0 spiro atoms. The van der Waals surface area contributed by atoms with Crippen LogP contribution in [0, 0.1) is 10.1 Å². The predicted octanol–water partition coefficient (Wildman–Crippen LogP) is 4.46. The van der Waals surface area contributed by atoms with Crippen LogP contribution in [-0.2, 0) is 9.53 Å². The number of non-ortho nitro benzene ring substituents is 1. The summed E-state index contributed by atoms with van der Waals surface area (Å²) in [6.45, 7) is 2.01. The minimum absolute atomic E-state index is 0.0833. The Morgan fingerprint density at radius 1 is 1.26 bits per heavy atom. The molecule has 0 N–H and O–H groups in total. The molecule has 2 rings (SSSR count). The quantitative estimate of drug-likeness (QED) is 0.281. The van der Waals surface area contributed by atoms with Gasteiger partial charge in [0.2, 0.25) is 0 Å². The fraction of sp³-hybridized carbons (Fsp3) is 0.300. The number of para-hydroxylation sites is 1. The number of methoxy groups -OCH3 is 1. The van der Waals surface area contributed by atoms with E-state index in [0.29, 0.717) is 23.4 Å². The minimum Gasteiger partial charge on any atom is -0.478 e. The number of aliphatic imine (C=N–C) groups is 1.